The van der Waals surface area contributed by atoms with Crippen LogP contribution in [0.1, 0.15) is 27.8 Å². The molecule has 5 heteroatoms. The third-order valence-electron chi connectivity index (χ3n) is 9.51. The summed E-state index contributed by atoms with van der Waals surface area (Å²) >= 11 is -1.96. The molecule has 0 spiro atoms. The Hall–Kier alpha value is -4.61. The molecular weight excluding hydrogens is 873 g/mol. The minimum atomic E-state index is -1.96. The quantitative estimate of drug-likeness (QED) is 0.123. The smallest absolute Gasteiger partial charge is 0 e. The van der Waals surface area contributed by atoms with E-state index in [9.17, 15) is 0 Å². The van der Waals surface area contributed by atoms with Crippen LogP contribution >= 0.6 is 0 Å². The fraction of sp³-hybridized carbons (Fsp3) is 0.149. The monoisotopic (exact) mass is 917 g/mol. The van der Waals surface area contributed by atoms with E-state index >= 15 is 0 Å². The van der Waals surface area contributed by atoms with Gasteiger partial charge in [0.2, 0.25) is 0 Å². The predicted molar refractivity (Wildman–Crippen MR) is 216 cm³/mol. The van der Waals surface area contributed by atoms with Gasteiger partial charge < -0.3 is 9.40 Å². The first-order valence-electron chi connectivity index (χ1n) is 17.5. The molecule has 0 fully saturated rings. The number of hydrogen-bond acceptors (Lipinski definition) is 3. The molecule has 0 saturated heterocycles. The number of nitrogens with zero attached hydrogens (tertiary/aromatic N) is 2. The number of aryl methyl sites for hydroxylation is 3. The first kappa shape index (κ1) is 37.2. The molecule has 8 aromatic rings. The zero-order valence-electron chi connectivity index (χ0n) is 30.5. The first-order chi connectivity index (χ1) is 24.6. The number of hydrogen-bond donors (Lipinski definition) is 0. The van der Waals surface area contributed by atoms with E-state index in [0.717, 1.165) is 56.4 Å². The molecule has 0 saturated carbocycles. The standard InChI is InChI=1S/C26H20NO.C21H22GeN.Ir/c1-16-11-21-22-14-20(9-10-25(22)28-26(21)13-17(16)2)24-12-18(3)23(15-27-24)19-7-5-4-6-8-19;1-22(2,3)20-16-23-21(18-12-8-5-9-13-18)15-19(20)14-17-10-6-4-7-11-17;/h4-8,10-15H,1-3H3;4-12,15-16H,14H2,1-3H3;/q2*-1;. The van der Waals surface area contributed by atoms with Gasteiger partial charge in [0, 0.05) is 37.3 Å². The molecule has 0 N–H and O–H groups in total. The first-order valence-corrected chi connectivity index (χ1v) is 24.9. The van der Waals surface area contributed by atoms with E-state index in [0.29, 0.717) is 0 Å². The van der Waals surface area contributed by atoms with E-state index < -0.39 is 13.3 Å². The summed E-state index contributed by atoms with van der Waals surface area (Å²) in [6.07, 6.45) is 5.05. The summed E-state index contributed by atoms with van der Waals surface area (Å²) in [5.74, 6) is 7.29. The van der Waals surface area contributed by atoms with Gasteiger partial charge in [-0.25, -0.2) is 0 Å². The van der Waals surface area contributed by atoms with Gasteiger partial charge in [-0.15, -0.1) is 23.8 Å². The van der Waals surface area contributed by atoms with Gasteiger partial charge in [-0.05, 0) is 60.9 Å². The van der Waals surface area contributed by atoms with Crippen LogP contribution in [0.5, 0.6) is 0 Å². The van der Waals surface area contributed by atoms with Crippen LogP contribution in [0.4, 0.5) is 0 Å². The van der Waals surface area contributed by atoms with E-state index in [2.05, 4.69) is 147 Å². The van der Waals surface area contributed by atoms with Crippen molar-refractivity contribution in [3.8, 4) is 33.6 Å². The van der Waals surface area contributed by atoms with Crippen molar-refractivity contribution in [3.63, 3.8) is 0 Å². The molecule has 3 nitrogen and oxygen atoms in total. The van der Waals surface area contributed by atoms with Crippen LogP contribution in [-0.4, -0.2) is 23.2 Å². The van der Waals surface area contributed by atoms with E-state index in [1.54, 1.807) is 0 Å². The minimum Gasteiger partial charge on any atom is 0 e. The molecule has 52 heavy (non-hydrogen) atoms. The number of rotatable bonds is 6. The van der Waals surface area contributed by atoms with Crippen molar-refractivity contribution in [3.05, 3.63) is 174 Å². The molecular formula is C47H42GeIrN2O-2. The van der Waals surface area contributed by atoms with Crippen LogP contribution in [0.3, 0.4) is 0 Å². The van der Waals surface area contributed by atoms with Crippen molar-refractivity contribution >= 4 is 39.6 Å². The largest absolute Gasteiger partial charge is 0 e. The predicted octanol–water partition coefficient (Wildman–Crippen LogP) is 11.7. The van der Waals surface area contributed by atoms with Crippen LogP contribution in [0.25, 0.3) is 55.6 Å². The molecule has 261 valence electrons. The Kier molecular flexibility index (Phi) is 11.4. The van der Waals surface area contributed by atoms with E-state index in [1.165, 1.54) is 37.8 Å². The maximum atomic E-state index is 6.03. The van der Waals surface area contributed by atoms with Gasteiger partial charge in [0.15, 0.2) is 0 Å². The molecule has 0 bridgehead atoms. The Labute approximate surface area is 323 Å². The van der Waals surface area contributed by atoms with Gasteiger partial charge >= 0.3 is 142 Å². The number of benzene rings is 5. The van der Waals surface area contributed by atoms with Crippen LogP contribution in [0, 0.1) is 32.9 Å². The summed E-state index contributed by atoms with van der Waals surface area (Å²) in [5, 5.41) is 2.25. The third-order valence-corrected chi connectivity index (χ3v) is 13.8. The topological polar surface area (TPSA) is 38.9 Å². The number of fused-ring (bicyclic) bond motifs is 3. The molecule has 5 aromatic carbocycles. The van der Waals surface area contributed by atoms with E-state index in [-0.39, 0.29) is 20.1 Å². The Bertz CT molecular complexity index is 2450. The fourth-order valence-corrected chi connectivity index (χ4v) is 9.89. The fourth-order valence-electron chi connectivity index (χ4n) is 6.58. The number of aromatic nitrogens is 2. The Balaban J connectivity index is 0.000000179. The zero-order chi connectivity index (χ0) is 35.5. The maximum Gasteiger partial charge on any atom is 0 e. The molecule has 3 heterocycles. The Morgan fingerprint density at radius 3 is 1.96 bits per heavy atom. The van der Waals surface area contributed by atoms with Crippen molar-refractivity contribution in [2.45, 2.75) is 44.5 Å². The summed E-state index contributed by atoms with van der Waals surface area (Å²) in [5.41, 5.74) is 14.6. The third kappa shape index (κ3) is 8.21. The van der Waals surface area contributed by atoms with Gasteiger partial charge in [0.05, 0.1) is 5.58 Å². The summed E-state index contributed by atoms with van der Waals surface area (Å²) in [7, 11) is 0. The van der Waals surface area contributed by atoms with E-state index in [4.69, 9.17) is 14.4 Å². The molecule has 0 aliphatic heterocycles. The average molecular weight is 916 g/mol. The second-order valence-corrected chi connectivity index (χ2v) is 24.9. The van der Waals surface area contributed by atoms with Crippen molar-refractivity contribution < 1.29 is 24.5 Å². The SMILES string of the molecule is Cc1cc2oc3c[c-]c(-c4cc(C)c(-c5ccccc5)cn4)cc3c2cc1C.[CH3][Ge]([CH3])([CH3])[c]1cnc(-c2[c-]cccc2)cc1Cc1ccccc1.[Ir]. The average Bonchev–Trinajstić information content (AvgIpc) is 3.49. The van der Waals surface area contributed by atoms with Crippen LogP contribution < -0.4 is 4.40 Å². The van der Waals surface area contributed by atoms with Crippen molar-refractivity contribution in [1.29, 1.82) is 0 Å². The molecule has 3 aromatic heterocycles. The van der Waals surface area contributed by atoms with Crippen molar-refractivity contribution in [2.75, 3.05) is 0 Å². The van der Waals surface area contributed by atoms with Gasteiger partial charge in [0.25, 0.3) is 0 Å². The molecule has 1 radical (unpaired) electrons. The molecule has 8 rings (SSSR count). The van der Waals surface area contributed by atoms with Gasteiger partial charge in [-0.1, -0.05) is 41.8 Å². The van der Waals surface area contributed by atoms with Crippen LogP contribution in [-0.2, 0) is 26.5 Å². The maximum absolute atomic E-state index is 6.03. The summed E-state index contributed by atoms with van der Waals surface area (Å²) in [4.78, 5) is 9.46. The van der Waals surface area contributed by atoms with Crippen LogP contribution in [0.15, 0.2) is 138 Å². The number of pyridine rings is 2. The molecule has 0 amide bonds. The normalized spacial score (nSPS) is 11.2. The molecule has 0 aliphatic carbocycles. The zero-order valence-corrected chi connectivity index (χ0v) is 35.0. The van der Waals surface area contributed by atoms with Crippen molar-refractivity contribution in [1.82, 2.24) is 9.97 Å². The van der Waals surface area contributed by atoms with E-state index in [1.807, 2.05) is 36.5 Å². The number of furan rings is 1. The molecule has 0 atom stereocenters. The van der Waals surface area contributed by atoms with Crippen LogP contribution in [0.2, 0.25) is 17.3 Å². The van der Waals surface area contributed by atoms with Gasteiger partial charge in [-0.3, -0.25) is 0 Å². The summed E-state index contributed by atoms with van der Waals surface area (Å²) < 4.78 is 7.52. The second kappa shape index (κ2) is 16.0. The Morgan fingerprint density at radius 2 is 1.27 bits per heavy atom. The second-order valence-electron chi connectivity index (χ2n) is 14.3. The minimum absolute atomic E-state index is 0. The molecule has 0 unspecified atom stereocenters. The van der Waals surface area contributed by atoms with Crippen molar-refractivity contribution in [2.24, 2.45) is 0 Å². The molecule has 0 aliphatic rings. The Morgan fingerprint density at radius 1 is 0.615 bits per heavy atom. The van der Waals surface area contributed by atoms with Gasteiger partial charge in [0.1, 0.15) is 5.58 Å². The van der Waals surface area contributed by atoms with Gasteiger partial charge in [-0.2, -0.15) is 0 Å². The summed E-state index contributed by atoms with van der Waals surface area (Å²) in [6, 6.07) is 48.6. The summed E-state index contributed by atoms with van der Waals surface area (Å²) in [6.45, 7) is 6.38.